The number of ether oxygens (including phenoxy) is 2. The molecule has 2 aliphatic rings. The van der Waals surface area contributed by atoms with Crippen molar-refractivity contribution in [3.63, 3.8) is 0 Å². The lowest BCUT2D eigenvalue weighted by Gasteiger charge is -2.28. The molecule has 2 aliphatic heterocycles. The van der Waals surface area contributed by atoms with Crippen LogP contribution in [0.5, 0.6) is 0 Å². The third-order valence-electron chi connectivity index (χ3n) is 5.20. The van der Waals surface area contributed by atoms with E-state index in [1.54, 1.807) is 25.2 Å². The predicted octanol–water partition coefficient (Wildman–Crippen LogP) is 4.62. The van der Waals surface area contributed by atoms with Gasteiger partial charge in [0.1, 0.15) is 0 Å². The Labute approximate surface area is 228 Å². The second kappa shape index (κ2) is 18.4. The van der Waals surface area contributed by atoms with Crippen LogP contribution in [0.3, 0.4) is 0 Å². The molecule has 0 spiro atoms. The molecule has 2 aromatic rings. The zero-order valence-corrected chi connectivity index (χ0v) is 21.6. The SMILES string of the molecule is C.C.COCCCBr.COCCCN1C(=O)C(=O)Cc2ccccc21.O=C1Cc2ccccc2NC1=O. The first-order valence-electron chi connectivity index (χ1n) is 11.3. The molecule has 0 aromatic heterocycles. The van der Waals surface area contributed by atoms with E-state index in [4.69, 9.17) is 9.47 Å². The van der Waals surface area contributed by atoms with E-state index < -0.39 is 11.8 Å². The van der Waals surface area contributed by atoms with Crippen LogP contribution < -0.4 is 10.2 Å². The van der Waals surface area contributed by atoms with Gasteiger partial charge in [0.2, 0.25) is 11.6 Å². The van der Waals surface area contributed by atoms with Crippen molar-refractivity contribution >= 4 is 50.7 Å². The summed E-state index contributed by atoms with van der Waals surface area (Å²) in [4.78, 5) is 46.8. The van der Waals surface area contributed by atoms with Crippen molar-refractivity contribution in [2.45, 2.75) is 40.5 Å². The first-order valence-corrected chi connectivity index (χ1v) is 12.4. The van der Waals surface area contributed by atoms with Gasteiger partial charge in [-0.1, -0.05) is 67.2 Å². The van der Waals surface area contributed by atoms with Crippen molar-refractivity contribution < 1.29 is 28.7 Å². The number of benzene rings is 2. The molecule has 2 heterocycles. The number of nitrogens with zero attached hydrogens (tertiary/aromatic N) is 1. The molecule has 1 N–H and O–H groups in total. The number of Topliss-reactive ketones (excluding diaryl/α,β-unsaturated/α-hetero) is 2. The van der Waals surface area contributed by atoms with Gasteiger partial charge < -0.3 is 19.7 Å². The molecule has 0 atom stereocenters. The van der Waals surface area contributed by atoms with Crippen LogP contribution in [-0.2, 0) is 41.5 Å². The van der Waals surface area contributed by atoms with Gasteiger partial charge >= 0.3 is 0 Å². The van der Waals surface area contributed by atoms with Crippen molar-refractivity contribution in [3.05, 3.63) is 59.7 Å². The Balaban J connectivity index is 0.000000569. The Hall–Kier alpha value is -2.88. The number of rotatable bonds is 7. The normalized spacial score (nSPS) is 13.3. The number of carbonyl (C=O) groups excluding carboxylic acids is 4. The maximum Gasteiger partial charge on any atom is 0.294 e. The summed E-state index contributed by atoms with van der Waals surface area (Å²) >= 11 is 3.27. The van der Waals surface area contributed by atoms with Gasteiger partial charge in [0.25, 0.3) is 11.8 Å². The molecule has 0 fully saturated rings. The molecule has 0 bridgehead atoms. The number of carbonyl (C=O) groups is 4. The summed E-state index contributed by atoms with van der Waals surface area (Å²) in [6, 6.07) is 14.8. The Morgan fingerprint density at radius 2 is 1.38 bits per heavy atom. The summed E-state index contributed by atoms with van der Waals surface area (Å²) < 4.78 is 9.71. The van der Waals surface area contributed by atoms with Crippen molar-refractivity contribution in [2.75, 3.05) is 49.5 Å². The zero-order valence-electron chi connectivity index (χ0n) is 20.1. The van der Waals surface area contributed by atoms with Crippen LogP contribution in [0, 0.1) is 0 Å². The second-order valence-electron chi connectivity index (χ2n) is 7.78. The molecule has 4 rings (SSSR count). The first-order chi connectivity index (χ1) is 16.9. The third-order valence-corrected chi connectivity index (χ3v) is 5.76. The lowest BCUT2D eigenvalue weighted by atomic mass is 10.00. The number of fused-ring (bicyclic) bond motifs is 2. The number of amides is 2. The van der Waals surface area contributed by atoms with Crippen molar-refractivity contribution in [2.24, 2.45) is 0 Å². The lowest BCUT2D eigenvalue weighted by Crippen LogP contribution is -2.42. The quantitative estimate of drug-likeness (QED) is 0.292. The average Bonchev–Trinajstić information content (AvgIpc) is 2.86. The van der Waals surface area contributed by atoms with Crippen LogP contribution in [0.4, 0.5) is 11.4 Å². The number of methoxy groups -OCH3 is 2. The fourth-order valence-corrected chi connectivity index (χ4v) is 3.69. The minimum absolute atomic E-state index is 0. The van der Waals surface area contributed by atoms with E-state index in [9.17, 15) is 19.2 Å². The number of ketones is 2. The van der Waals surface area contributed by atoms with E-state index >= 15 is 0 Å². The first kappa shape index (κ1) is 34.1. The molecular formula is C28H39BrN2O6. The van der Waals surface area contributed by atoms with Crippen LogP contribution in [0.25, 0.3) is 0 Å². The van der Waals surface area contributed by atoms with Gasteiger partial charge in [-0.25, -0.2) is 0 Å². The molecule has 0 radical (unpaired) electrons. The minimum Gasteiger partial charge on any atom is -0.385 e. The number of halogens is 1. The standard InChI is InChI=1S/C13H15NO3.C9H7NO2.C4H9BrO.2CH4/c1-17-8-4-7-14-11-6-3-2-5-10(11)9-12(15)13(14)16;11-8-5-6-3-1-2-4-7(6)10-9(8)12;1-6-4-2-3-5;;/h2-3,5-6H,4,7-9H2,1H3;1-4H,5H2,(H,10,12);2-4H2,1H3;2*1H4. The molecule has 8 nitrogen and oxygen atoms in total. The lowest BCUT2D eigenvalue weighted by molar-refractivity contribution is -0.136. The highest BCUT2D eigenvalue weighted by Crippen LogP contribution is 2.26. The maximum absolute atomic E-state index is 11.8. The summed E-state index contributed by atoms with van der Waals surface area (Å²) in [6.07, 6.45) is 2.28. The smallest absolute Gasteiger partial charge is 0.294 e. The van der Waals surface area contributed by atoms with Crippen LogP contribution in [-0.4, -0.2) is 62.7 Å². The molecule has 2 amide bonds. The number of nitrogens with one attached hydrogen (secondary N) is 1. The molecule has 9 heteroatoms. The van der Waals surface area contributed by atoms with E-state index in [1.165, 1.54) is 0 Å². The summed E-state index contributed by atoms with van der Waals surface area (Å²) in [6.45, 7) is 1.97. The predicted molar refractivity (Wildman–Crippen MR) is 152 cm³/mol. The van der Waals surface area contributed by atoms with E-state index in [0.29, 0.717) is 13.2 Å². The molecule has 204 valence electrons. The minimum atomic E-state index is -0.506. The van der Waals surface area contributed by atoms with Gasteiger partial charge in [-0.2, -0.15) is 0 Å². The summed E-state index contributed by atoms with van der Waals surface area (Å²) in [5, 5.41) is 3.56. The molecule has 0 saturated heterocycles. The Morgan fingerprint density at radius 1 is 0.811 bits per heavy atom. The Morgan fingerprint density at radius 3 is 2.00 bits per heavy atom. The van der Waals surface area contributed by atoms with Crippen molar-refractivity contribution in [3.8, 4) is 0 Å². The maximum atomic E-state index is 11.8. The van der Waals surface area contributed by atoms with E-state index in [1.807, 2.05) is 42.5 Å². The van der Waals surface area contributed by atoms with Crippen LogP contribution in [0.15, 0.2) is 48.5 Å². The number of hydrogen-bond acceptors (Lipinski definition) is 6. The van der Waals surface area contributed by atoms with Crippen LogP contribution in [0.1, 0.15) is 38.8 Å². The molecule has 0 aliphatic carbocycles. The van der Waals surface area contributed by atoms with Gasteiger partial charge in [0, 0.05) is 63.5 Å². The molecule has 0 saturated carbocycles. The average molecular weight is 580 g/mol. The van der Waals surface area contributed by atoms with E-state index in [-0.39, 0.29) is 39.3 Å². The summed E-state index contributed by atoms with van der Waals surface area (Å²) in [7, 11) is 3.33. The topological polar surface area (TPSA) is 102 Å². The molecule has 0 unspecified atom stereocenters. The van der Waals surface area contributed by atoms with Crippen LogP contribution >= 0.6 is 15.9 Å². The molecule has 2 aromatic carbocycles. The van der Waals surface area contributed by atoms with E-state index in [0.717, 1.165) is 47.3 Å². The van der Waals surface area contributed by atoms with Crippen LogP contribution in [0.2, 0.25) is 0 Å². The third kappa shape index (κ3) is 10.6. The monoisotopic (exact) mass is 578 g/mol. The molecule has 37 heavy (non-hydrogen) atoms. The fraction of sp³-hybridized carbons (Fsp3) is 0.429. The van der Waals surface area contributed by atoms with E-state index in [2.05, 4.69) is 21.2 Å². The Bertz CT molecular complexity index is 988. The van der Waals surface area contributed by atoms with Gasteiger partial charge in [-0.15, -0.1) is 0 Å². The molecular weight excluding hydrogens is 540 g/mol. The number of para-hydroxylation sites is 2. The van der Waals surface area contributed by atoms with Gasteiger partial charge in [-0.3, -0.25) is 19.2 Å². The second-order valence-corrected chi connectivity index (χ2v) is 8.57. The number of alkyl halides is 1. The summed E-state index contributed by atoms with van der Waals surface area (Å²) in [5.74, 6) is -1.61. The number of anilines is 2. The fourth-order valence-electron chi connectivity index (χ4n) is 3.46. The van der Waals surface area contributed by atoms with Gasteiger partial charge in [0.05, 0.1) is 0 Å². The van der Waals surface area contributed by atoms with Gasteiger partial charge in [-0.05, 0) is 36.1 Å². The number of hydrogen-bond donors (Lipinski definition) is 1. The zero-order chi connectivity index (χ0) is 25.6. The highest BCUT2D eigenvalue weighted by atomic mass is 79.9. The highest BCUT2D eigenvalue weighted by molar-refractivity contribution is 9.09. The Kier molecular flexibility index (Phi) is 16.9. The van der Waals surface area contributed by atoms with Crippen molar-refractivity contribution in [1.29, 1.82) is 0 Å². The van der Waals surface area contributed by atoms with Gasteiger partial charge in [0.15, 0.2) is 0 Å². The summed E-state index contributed by atoms with van der Waals surface area (Å²) in [5.41, 5.74) is 3.42. The van der Waals surface area contributed by atoms with Crippen molar-refractivity contribution in [1.82, 2.24) is 0 Å². The highest BCUT2D eigenvalue weighted by Gasteiger charge is 2.30. The largest absolute Gasteiger partial charge is 0.385 e.